The van der Waals surface area contributed by atoms with Gasteiger partial charge in [0.25, 0.3) is 0 Å². The van der Waals surface area contributed by atoms with Crippen LogP contribution in [0.2, 0.25) is 0 Å². The summed E-state index contributed by atoms with van der Waals surface area (Å²) in [7, 11) is 0. The predicted octanol–water partition coefficient (Wildman–Crippen LogP) is 4.65. The quantitative estimate of drug-likeness (QED) is 0.738. The van der Waals surface area contributed by atoms with Crippen molar-refractivity contribution in [3.63, 3.8) is 0 Å². The highest BCUT2D eigenvalue weighted by Crippen LogP contribution is 2.22. The van der Waals surface area contributed by atoms with Gasteiger partial charge >= 0.3 is 0 Å². The van der Waals surface area contributed by atoms with Crippen LogP contribution in [0.3, 0.4) is 0 Å². The lowest BCUT2D eigenvalue weighted by Crippen LogP contribution is -1.94. The van der Waals surface area contributed by atoms with Crippen molar-refractivity contribution >= 4 is 0 Å². The van der Waals surface area contributed by atoms with Crippen molar-refractivity contribution < 1.29 is 0 Å². The minimum atomic E-state index is 0.609. The fraction of sp³-hybridized carbons (Fsp3) is 0.312. The summed E-state index contributed by atoms with van der Waals surface area (Å²) in [6.07, 6.45) is 4.47. The van der Waals surface area contributed by atoms with E-state index in [-0.39, 0.29) is 0 Å². The van der Waals surface area contributed by atoms with Crippen molar-refractivity contribution in [3.05, 3.63) is 54.2 Å². The number of hydrogen-bond acceptors (Lipinski definition) is 1. The van der Waals surface area contributed by atoms with E-state index in [0.717, 1.165) is 5.69 Å². The largest absolute Gasteiger partial charge is 0.256 e. The van der Waals surface area contributed by atoms with Crippen LogP contribution < -0.4 is 0 Å². The summed E-state index contributed by atoms with van der Waals surface area (Å²) >= 11 is 0. The molecule has 0 spiro atoms. The van der Waals surface area contributed by atoms with Crippen LogP contribution in [0.4, 0.5) is 0 Å². The van der Waals surface area contributed by atoms with Gasteiger partial charge in [-0.05, 0) is 24.0 Å². The maximum Gasteiger partial charge on any atom is 0.0702 e. The maximum atomic E-state index is 4.55. The fourth-order valence-corrected chi connectivity index (χ4v) is 2.08. The van der Waals surface area contributed by atoms with Crippen molar-refractivity contribution in [2.75, 3.05) is 0 Å². The molecule has 0 N–H and O–H groups in total. The first-order chi connectivity index (χ1) is 8.31. The topological polar surface area (TPSA) is 12.9 Å². The molecule has 0 amide bonds. The Labute approximate surface area is 104 Å². The SMILES string of the molecule is CCCC(C)c1ccc(-c2ccccc2)nc1. The molecule has 2 aromatic rings. The first kappa shape index (κ1) is 11.8. The molecule has 0 bridgehead atoms. The summed E-state index contributed by atoms with van der Waals surface area (Å²) in [6.45, 7) is 4.49. The van der Waals surface area contributed by atoms with E-state index < -0.39 is 0 Å². The molecular weight excluding hydrogens is 206 g/mol. The van der Waals surface area contributed by atoms with E-state index in [1.54, 1.807) is 0 Å². The maximum absolute atomic E-state index is 4.55. The molecule has 0 saturated heterocycles. The molecule has 1 nitrogen and oxygen atoms in total. The lowest BCUT2D eigenvalue weighted by molar-refractivity contribution is 0.662. The average Bonchev–Trinajstić information content (AvgIpc) is 2.40. The van der Waals surface area contributed by atoms with Crippen molar-refractivity contribution in [1.29, 1.82) is 0 Å². The van der Waals surface area contributed by atoms with Gasteiger partial charge in [-0.1, -0.05) is 56.7 Å². The van der Waals surface area contributed by atoms with Gasteiger partial charge in [0.05, 0.1) is 5.69 Å². The van der Waals surface area contributed by atoms with Gasteiger partial charge in [0.15, 0.2) is 0 Å². The van der Waals surface area contributed by atoms with Crippen LogP contribution in [-0.4, -0.2) is 4.98 Å². The molecule has 1 heterocycles. The van der Waals surface area contributed by atoms with Gasteiger partial charge in [-0.25, -0.2) is 0 Å². The zero-order valence-corrected chi connectivity index (χ0v) is 10.6. The second-order valence-electron chi connectivity index (χ2n) is 4.53. The van der Waals surface area contributed by atoms with E-state index in [2.05, 4.69) is 43.1 Å². The third-order valence-electron chi connectivity index (χ3n) is 3.15. The van der Waals surface area contributed by atoms with Crippen molar-refractivity contribution in [2.45, 2.75) is 32.6 Å². The molecule has 0 aliphatic heterocycles. The van der Waals surface area contributed by atoms with Gasteiger partial charge in [0.1, 0.15) is 0 Å². The lowest BCUT2D eigenvalue weighted by atomic mass is 9.97. The van der Waals surface area contributed by atoms with E-state index in [1.807, 2.05) is 24.4 Å². The molecular formula is C16H19N. The summed E-state index contributed by atoms with van der Waals surface area (Å²) in [6, 6.07) is 14.6. The van der Waals surface area contributed by atoms with E-state index in [9.17, 15) is 0 Å². The highest BCUT2D eigenvalue weighted by molar-refractivity contribution is 5.58. The molecule has 1 heteroatoms. The van der Waals surface area contributed by atoms with Crippen LogP contribution in [0.5, 0.6) is 0 Å². The van der Waals surface area contributed by atoms with Crippen molar-refractivity contribution in [2.24, 2.45) is 0 Å². The normalized spacial score (nSPS) is 12.4. The highest BCUT2D eigenvalue weighted by Gasteiger charge is 2.05. The second-order valence-corrected chi connectivity index (χ2v) is 4.53. The van der Waals surface area contributed by atoms with E-state index >= 15 is 0 Å². The number of benzene rings is 1. The van der Waals surface area contributed by atoms with Crippen LogP contribution in [-0.2, 0) is 0 Å². The van der Waals surface area contributed by atoms with Crippen molar-refractivity contribution in [3.8, 4) is 11.3 Å². The van der Waals surface area contributed by atoms with E-state index in [0.29, 0.717) is 5.92 Å². The number of pyridine rings is 1. The van der Waals surface area contributed by atoms with Gasteiger partial charge in [0.2, 0.25) is 0 Å². The van der Waals surface area contributed by atoms with E-state index in [4.69, 9.17) is 0 Å². The number of nitrogens with zero attached hydrogens (tertiary/aromatic N) is 1. The highest BCUT2D eigenvalue weighted by atomic mass is 14.7. The summed E-state index contributed by atoms with van der Waals surface area (Å²) in [4.78, 5) is 4.55. The Hall–Kier alpha value is -1.63. The van der Waals surface area contributed by atoms with Gasteiger partial charge in [-0.15, -0.1) is 0 Å². The standard InChI is InChI=1S/C16H19N/c1-3-7-13(2)15-10-11-16(17-12-15)14-8-5-4-6-9-14/h4-6,8-13H,3,7H2,1-2H3. The van der Waals surface area contributed by atoms with Crippen molar-refractivity contribution in [1.82, 2.24) is 4.98 Å². The first-order valence-corrected chi connectivity index (χ1v) is 6.32. The molecule has 0 radical (unpaired) electrons. The van der Waals surface area contributed by atoms with Crippen LogP contribution >= 0.6 is 0 Å². The molecule has 88 valence electrons. The second kappa shape index (κ2) is 5.62. The molecule has 0 fully saturated rings. The lowest BCUT2D eigenvalue weighted by Gasteiger charge is -2.10. The Balaban J connectivity index is 2.19. The monoisotopic (exact) mass is 225 g/mol. The Kier molecular flexibility index (Phi) is 3.92. The summed E-state index contributed by atoms with van der Waals surface area (Å²) in [5, 5.41) is 0. The number of hydrogen-bond donors (Lipinski definition) is 0. The van der Waals surface area contributed by atoms with Gasteiger partial charge in [0, 0.05) is 11.8 Å². The predicted molar refractivity (Wildman–Crippen MR) is 73.0 cm³/mol. The van der Waals surface area contributed by atoms with Crippen LogP contribution in [0.15, 0.2) is 48.7 Å². The van der Waals surface area contributed by atoms with Gasteiger partial charge < -0.3 is 0 Å². The molecule has 0 aliphatic rings. The van der Waals surface area contributed by atoms with Crippen LogP contribution in [0.25, 0.3) is 11.3 Å². The Morgan fingerprint density at radius 3 is 2.41 bits per heavy atom. The third kappa shape index (κ3) is 2.94. The van der Waals surface area contributed by atoms with E-state index in [1.165, 1.54) is 24.0 Å². The minimum Gasteiger partial charge on any atom is -0.256 e. The summed E-state index contributed by atoms with van der Waals surface area (Å²) < 4.78 is 0. The number of rotatable bonds is 4. The molecule has 1 aromatic heterocycles. The summed E-state index contributed by atoms with van der Waals surface area (Å²) in [5.74, 6) is 0.609. The molecule has 0 saturated carbocycles. The fourth-order valence-electron chi connectivity index (χ4n) is 2.08. The molecule has 1 unspecified atom stereocenters. The molecule has 0 aliphatic carbocycles. The number of aromatic nitrogens is 1. The minimum absolute atomic E-state index is 0.609. The Bertz CT molecular complexity index is 445. The average molecular weight is 225 g/mol. The molecule has 2 rings (SSSR count). The van der Waals surface area contributed by atoms with Crippen LogP contribution in [0.1, 0.15) is 38.2 Å². The smallest absolute Gasteiger partial charge is 0.0702 e. The first-order valence-electron chi connectivity index (χ1n) is 6.32. The Morgan fingerprint density at radius 1 is 1.06 bits per heavy atom. The van der Waals surface area contributed by atoms with Gasteiger partial charge in [-0.2, -0.15) is 0 Å². The van der Waals surface area contributed by atoms with Gasteiger partial charge in [-0.3, -0.25) is 4.98 Å². The van der Waals surface area contributed by atoms with Crippen LogP contribution in [0, 0.1) is 0 Å². The molecule has 17 heavy (non-hydrogen) atoms. The molecule has 1 atom stereocenters. The molecule has 1 aromatic carbocycles. The third-order valence-corrected chi connectivity index (χ3v) is 3.15. The Morgan fingerprint density at radius 2 is 1.82 bits per heavy atom. The zero-order chi connectivity index (χ0) is 12.1. The summed E-state index contributed by atoms with van der Waals surface area (Å²) in [5.41, 5.74) is 3.58. The zero-order valence-electron chi connectivity index (χ0n) is 10.6.